The van der Waals surface area contributed by atoms with Crippen molar-refractivity contribution in [3.63, 3.8) is 0 Å². The van der Waals surface area contributed by atoms with Crippen LogP contribution >= 0.6 is 0 Å². The van der Waals surface area contributed by atoms with E-state index in [0.29, 0.717) is 0 Å². The highest BCUT2D eigenvalue weighted by atomic mass is 14.9. The molecule has 2 aromatic carbocycles. The molecule has 0 atom stereocenters. The molecule has 4 aromatic rings. The second-order valence-electron chi connectivity index (χ2n) is 7.05. The van der Waals surface area contributed by atoms with E-state index in [1.165, 1.54) is 16.5 Å². The predicted molar refractivity (Wildman–Crippen MR) is 113 cm³/mol. The second kappa shape index (κ2) is 7.20. The van der Waals surface area contributed by atoms with Crippen molar-refractivity contribution in [1.82, 2.24) is 9.97 Å². The van der Waals surface area contributed by atoms with Crippen LogP contribution < -0.4 is 5.32 Å². The number of nitrogens with one attached hydrogen (secondary N) is 1. The molecule has 2 heterocycles. The van der Waals surface area contributed by atoms with E-state index in [4.69, 9.17) is 4.98 Å². The maximum atomic E-state index is 4.82. The fourth-order valence-electron chi connectivity index (χ4n) is 3.46. The maximum absolute atomic E-state index is 4.82. The number of fused-ring (bicyclic) bond motifs is 1. The van der Waals surface area contributed by atoms with Gasteiger partial charge in [-0.25, -0.2) is 4.98 Å². The molecule has 3 nitrogen and oxygen atoms in total. The first-order valence-electron chi connectivity index (χ1n) is 9.23. The third-order valence-corrected chi connectivity index (χ3v) is 4.73. The molecule has 0 saturated carbocycles. The number of para-hydroxylation sites is 1. The largest absolute Gasteiger partial charge is 0.379 e. The van der Waals surface area contributed by atoms with Crippen molar-refractivity contribution in [3.8, 4) is 11.3 Å². The molecule has 134 valence electrons. The lowest BCUT2D eigenvalue weighted by molar-refractivity contribution is 1.01. The zero-order valence-corrected chi connectivity index (χ0v) is 16.0. The van der Waals surface area contributed by atoms with E-state index in [2.05, 4.69) is 84.8 Å². The summed E-state index contributed by atoms with van der Waals surface area (Å²) < 4.78 is 0. The van der Waals surface area contributed by atoms with E-state index < -0.39 is 0 Å². The van der Waals surface area contributed by atoms with Crippen LogP contribution in [0.2, 0.25) is 0 Å². The summed E-state index contributed by atoms with van der Waals surface area (Å²) in [6.07, 6.45) is 0. The molecule has 0 unspecified atom stereocenters. The number of benzene rings is 2. The number of pyridine rings is 2. The SMILES string of the molecule is Cc1cc(C)nc(CNc2ccc(-c3cc(C)c4ccccc4n3)cc2)c1. The van der Waals surface area contributed by atoms with Crippen molar-refractivity contribution in [2.24, 2.45) is 0 Å². The molecular weight excluding hydrogens is 330 g/mol. The molecule has 2 aromatic heterocycles. The van der Waals surface area contributed by atoms with Gasteiger partial charge in [-0.3, -0.25) is 4.98 Å². The second-order valence-corrected chi connectivity index (χ2v) is 7.05. The summed E-state index contributed by atoms with van der Waals surface area (Å²) in [6.45, 7) is 6.99. The van der Waals surface area contributed by atoms with Crippen LogP contribution in [0.25, 0.3) is 22.2 Å². The monoisotopic (exact) mass is 353 g/mol. The lowest BCUT2D eigenvalue weighted by Gasteiger charge is -2.10. The summed E-state index contributed by atoms with van der Waals surface area (Å²) in [4.78, 5) is 9.40. The quantitative estimate of drug-likeness (QED) is 0.501. The third kappa shape index (κ3) is 3.82. The summed E-state index contributed by atoms with van der Waals surface area (Å²) in [6, 6.07) is 23.1. The Morgan fingerprint density at radius 2 is 1.59 bits per heavy atom. The van der Waals surface area contributed by atoms with E-state index in [-0.39, 0.29) is 0 Å². The molecule has 27 heavy (non-hydrogen) atoms. The van der Waals surface area contributed by atoms with Gasteiger partial charge in [-0.1, -0.05) is 30.3 Å². The van der Waals surface area contributed by atoms with Crippen LogP contribution in [-0.2, 0) is 6.54 Å². The number of hydrogen-bond donors (Lipinski definition) is 1. The number of rotatable bonds is 4. The van der Waals surface area contributed by atoms with Gasteiger partial charge >= 0.3 is 0 Å². The standard InChI is InChI=1S/C24H23N3/c1-16-12-18(3)26-21(13-16)15-25-20-10-8-19(9-11-20)24-14-17(2)22-6-4-5-7-23(22)27-24/h4-14,25H,15H2,1-3H3. The fourth-order valence-corrected chi connectivity index (χ4v) is 3.46. The van der Waals surface area contributed by atoms with Crippen LogP contribution in [0.4, 0.5) is 5.69 Å². The van der Waals surface area contributed by atoms with E-state index in [0.717, 1.165) is 40.4 Å². The number of nitrogens with zero attached hydrogens (tertiary/aromatic N) is 2. The minimum atomic E-state index is 0.717. The highest BCUT2D eigenvalue weighted by Gasteiger charge is 2.05. The first-order chi connectivity index (χ1) is 13.1. The molecule has 0 radical (unpaired) electrons. The van der Waals surface area contributed by atoms with Gasteiger partial charge in [-0.15, -0.1) is 0 Å². The Bertz CT molecular complexity index is 1080. The van der Waals surface area contributed by atoms with Gasteiger partial charge in [0, 0.05) is 22.3 Å². The molecule has 0 aliphatic rings. The van der Waals surface area contributed by atoms with E-state index in [9.17, 15) is 0 Å². The molecule has 0 amide bonds. The molecule has 1 N–H and O–H groups in total. The Hall–Kier alpha value is -3.20. The van der Waals surface area contributed by atoms with Gasteiger partial charge in [0.2, 0.25) is 0 Å². The zero-order chi connectivity index (χ0) is 18.8. The van der Waals surface area contributed by atoms with Gasteiger partial charge in [-0.05, 0) is 68.3 Å². The lowest BCUT2D eigenvalue weighted by atomic mass is 10.0. The summed E-state index contributed by atoms with van der Waals surface area (Å²) >= 11 is 0. The van der Waals surface area contributed by atoms with Crippen molar-refractivity contribution >= 4 is 16.6 Å². The van der Waals surface area contributed by atoms with Crippen LogP contribution in [0.15, 0.2) is 66.7 Å². The van der Waals surface area contributed by atoms with E-state index in [1.54, 1.807) is 0 Å². The van der Waals surface area contributed by atoms with Gasteiger partial charge in [0.05, 0.1) is 23.4 Å². The summed E-state index contributed by atoms with van der Waals surface area (Å²) in [5.41, 5.74) is 8.86. The Morgan fingerprint density at radius 3 is 2.37 bits per heavy atom. The van der Waals surface area contributed by atoms with Crippen LogP contribution in [0.1, 0.15) is 22.5 Å². The summed E-state index contributed by atoms with van der Waals surface area (Å²) in [5, 5.41) is 4.66. The highest BCUT2D eigenvalue weighted by molar-refractivity contribution is 5.85. The number of anilines is 1. The molecule has 3 heteroatoms. The highest BCUT2D eigenvalue weighted by Crippen LogP contribution is 2.25. The Labute approximate surface area is 160 Å². The molecule has 4 rings (SSSR count). The van der Waals surface area contributed by atoms with Crippen LogP contribution in [0, 0.1) is 20.8 Å². The first-order valence-corrected chi connectivity index (χ1v) is 9.23. The Kier molecular flexibility index (Phi) is 4.59. The molecule has 0 bridgehead atoms. The number of aromatic nitrogens is 2. The molecule has 0 fully saturated rings. The summed E-state index contributed by atoms with van der Waals surface area (Å²) in [5.74, 6) is 0. The molecule has 0 spiro atoms. The molecule has 0 saturated heterocycles. The van der Waals surface area contributed by atoms with Gasteiger partial charge in [0.1, 0.15) is 0 Å². The van der Waals surface area contributed by atoms with Crippen molar-refractivity contribution < 1.29 is 0 Å². The van der Waals surface area contributed by atoms with Gasteiger partial charge in [0.25, 0.3) is 0 Å². The van der Waals surface area contributed by atoms with Crippen LogP contribution in [0.5, 0.6) is 0 Å². The van der Waals surface area contributed by atoms with Gasteiger partial charge < -0.3 is 5.32 Å². The van der Waals surface area contributed by atoms with E-state index in [1.807, 2.05) is 13.0 Å². The van der Waals surface area contributed by atoms with Crippen molar-refractivity contribution in [3.05, 3.63) is 89.2 Å². The average molecular weight is 353 g/mol. The zero-order valence-electron chi connectivity index (χ0n) is 16.0. The topological polar surface area (TPSA) is 37.8 Å². The lowest BCUT2D eigenvalue weighted by Crippen LogP contribution is -2.03. The van der Waals surface area contributed by atoms with Gasteiger partial charge in [0.15, 0.2) is 0 Å². The van der Waals surface area contributed by atoms with E-state index >= 15 is 0 Å². The molecule has 0 aliphatic carbocycles. The van der Waals surface area contributed by atoms with Crippen molar-refractivity contribution in [1.29, 1.82) is 0 Å². The number of hydrogen-bond acceptors (Lipinski definition) is 3. The molecular formula is C24H23N3. The Morgan fingerprint density at radius 1 is 0.815 bits per heavy atom. The normalized spacial score (nSPS) is 10.9. The van der Waals surface area contributed by atoms with Crippen molar-refractivity contribution in [2.45, 2.75) is 27.3 Å². The van der Waals surface area contributed by atoms with Crippen LogP contribution in [0.3, 0.4) is 0 Å². The van der Waals surface area contributed by atoms with Gasteiger partial charge in [-0.2, -0.15) is 0 Å². The average Bonchev–Trinajstić information content (AvgIpc) is 2.66. The number of aryl methyl sites for hydroxylation is 3. The summed E-state index contributed by atoms with van der Waals surface area (Å²) in [7, 11) is 0. The van der Waals surface area contributed by atoms with Crippen LogP contribution in [-0.4, -0.2) is 9.97 Å². The predicted octanol–water partition coefficient (Wildman–Crippen LogP) is 5.83. The first kappa shape index (κ1) is 17.2. The Balaban J connectivity index is 1.53. The minimum Gasteiger partial charge on any atom is -0.379 e. The molecule has 0 aliphatic heterocycles. The minimum absolute atomic E-state index is 0.717. The third-order valence-electron chi connectivity index (χ3n) is 4.73. The maximum Gasteiger partial charge on any atom is 0.0712 e. The smallest absolute Gasteiger partial charge is 0.0712 e. The van der Waals surface area contributed by atoms with Crippen molar-refractivity contribution in [2.75, 3.05) is 5.32 Å². The fraction of sp³-hybridized carbons (Fsp3) is 0.167.